The second-order valence-corrected chi connectivity index (χ2v) is 3.90. The maximum atomic E-state index is 11.3. The van der Waals surface area contributed by atoms with E-state index in [1.54, 1.807) is 6.92 Å². The Morgan fingerprint density at radius 3 is 2.41 bits per heavy atom. The number of ether oxygens (including phenoxy) is 1. The van der Waals surface area contributed by atoms with Crippen LogP contribution >= 0.6 is 0 Å². The van der Waals surface area contributed by atoms with Gasteiger partial charge in [-0.25, -0.2) is 0 Å². The van der Waals surface area contributed by atoms with Crippen LogP contribution in [0.1, 0.15) is 32.3 Å². The average Bonchev–Trinajstić information content (AvgIpc) is 2.38. The maximum Gasteiger partial charge on any atom is 0.306 e. The SMILES string of the molecule is CCC(=N)[C@H](Cc1ccccc1)OC(=O)CC. The number of esters is 1. The molecule has 0 aromatic heterocycles. The third-order valence-electron chi connectivity index (χ3n) is 2.60. The molecule has 0 radical (unpaired) electrons. The highest BCUT2D eigenvalue weighted by atomic mass is 16.5. The molecular weight excluding hydrogens is 214 g/mol. The summed E-state index contributed by atoms with van der Waals surface area (Å²) in [6, 6.07) is 9.81. The largest absolute Gasteiger partial charge is 0.456 e. The van der Waals surface area contributed by atoms with Crippen molar-refractivity contribution in [2.75, 3.05) is 0 Å². The number of benzene rings is 1. The van der Waals surface area contributed by atoms with Gasteiger partial charge in [0.05, 0.1) is 0 Å². The Morgan fingerprint density at radius 2 is 1.88 bits per heavy atom. The minimum Gasteiger partial charge on any atom is -0.456 e. The first-order valence-electron chi connectivity index (χ1n) is 5.98. The highest BCUT2D eigenvalue weighted by molar-refractivity contribution is 5.87. The highest BCUT2D eigenvalue weighted by Crippen LogP contribution is 2.09. The summed E-state index contributed by atoms with van der Waals surface area (Å²) in [4.78, 5) is 11.3. The number of rotatable bonds is 6. The summed E-state index contributed by atoms with van der Waals surface area (Å²) >= 11 is 0. The molecule has 0 spiro atoms. The molecule has 3 heteroatoms. The molecule has 92 valence electrons. The van der Waals surface area contributed by atoms with Crippen molar-refractivity contribution in [2.24, 2.45) is 0 Å². The Kier molecular flexibility index (Phi) is 5.40. The first-order chi connectivity index (χ1) is 8.17. The van der Waals surface area contributed by atoms with Crippen LogP contribution in [-0.2, 0) is 16.0 Å². The van der Waals surface area contributed by atoms with Gasteiger partial charge in [0.15, 0.2) is 0 Å². The molecule has 1 rings (SSSR count). The molecule has 0 fully saturated rings. The van der Waals surface area contributed by atoms with E-state index in [0.29, 0.717) is 25.0 Å². The molecule has 0 unspecified atom stereocenters. The van der Waals surface area contributed by atoms with Crippen LogP contribution < -0.4 is 0 Å². The van der Waals surface area contributed by atoms with Gasteiger partial charge in [-0.05, 0) is 12.0 Å². The van der Waals surface area contributed by atoms with Gasteiger partial charge in [-0.15, -0.1) is 0 Å². The summed E-state index contributed by atoms with van der Waals surface area (Å²) in [5.41, 5.74) is 1.55. The molecule has 1 aromatic rings. The van der Waals surface area contributed by atoms with E-state index in [2.05, 4.69) is 0 Å². The third-order valence-corrected chi connectivity index (χ3v) is 2.60. The van der Waals surface area contributed by atoms with E-state index in [4.69, 9.17) is 10.1 Å². The molecule has 0 saturated carbocycles. The van der Waals surface area contributed by atoms with Gasteiger partial charge in [-0.2, -0.15) is 0 Å². The van der Waals surface area contributed by atoms with Crippen molar-refractivity contribution in [3.8, 4) is 0 Å². The lowest BCUT2D eigenvalue weighted by Crippen LogP contribution is -2.28. The van der Waals surface area contributed by atoms with Crippen molar-refractivity contribution >= 4 is 11.7 Å². The number of hydrogen-bond donors (Lipinski definition) is 1. The normalized spacial score (nSPS) is 11.9. The first-order valence-corrected chi connectivity index (χ1v) is 5.98. The zero-order chi connectivity index (χ0) is 12.7. The Bertz CT molecular complexity index is 373. The van der Waals surface area contributed by atoms with Crippen LogP contribution in [0.3, 0.4) is 0 Å². The first kappa shape index (κ1) is 13.4. The van der Waals surface area contributed by atoms with Gasteiger partial charge in [-0.3, -0.25) is 4.79 Å². The molecule has 3 nitrogen and oxygen atoms in total. The number of nitrogens with one attached hydrogen (secondary N) is 1. The van der Waals surface area contributed by atoms with Gasteiger partial charge in [0, 0.05) is 18.6 Å². The fourth-order valence-corrected chi connectivity index (χ4v) is 1.53. The minimum atomic E-state index is -0.421. The quantitative estimate of drug-likeness (QED) is 0.606. The van der Waals surface area contributed by atoms with Gasteiger partial charge in [0.2, 0.25) is 0 Å². The average molecular weight is 233 g/mol. The second kappa shape index (κ2) is 6.84. The van der Waals surface area contributed by atoms with E-state index < -0.39 is 6.10 Å². The van der Waals surface area contributed by atoms with Crippen LogP contribution in [0.25, 0.3) is 0 Å². The Balaban J connectivity index is 2.70. The van der Waals surface area contributed by atoms with Gasteiger partial charge >= 0.3 is 5.97 Å². The molecule has 1 aromatic carbocycles. The standard InChI is InChI=1S/C14H19NO2/c1-3-12(15)13(17-14(16)4-2)10-11-8-6-5-7-9-11/h5-9,13,15H,3-4,10H2,1-2H3/t13-/m0/s1. The molecular formula is C14H19NO2. The molecule has 0 heterocycles. The van der Waals surface area contributed by atoms with E-state index in [0.717, 1.165) is 5.56 Å². The molecule has 0 amide bonds. The molecule has 0 aliphatic carbocycles. The molecule has 0 bridgehead atoms. The summed E-state index contributed by atoms with van der Waals surface area (Å²) in [5.74, 6) is -0.246. The fraction of sp³-hybridized carbons (Fsp3) is 0.429. The number of hydrogen-bond acceptors (Lipinski definition) is 3. The lowest BCUT2D eigenvalue weighted by molar-refractivity contribution is -0.145. The van der Waals surface area contributed by atoms with E-state index in [1.165, 1.54) is 0 Å². The molecule has 0 aliphatic rings. The predicted octanol–water partition coefficient (Wildman–Crippen LogP) is 2.98. The zero-order valence-corrected chi connectivity index (χ0v) is 10.4. The number of carbonyl (C=O) groups excluding carboxylic acids is 1. The minimum absolute atomic E-state index is 0.246. The zero-order valence-electron chi connectivity index (χ0n) is 10.4. The van der Waals surface area contributed by atoms with Crippen LogP contribution in [0.2, 0.25) is 0 Å². The maximum absolute atomic E-state index is 11.3. The van der Waals surface area contributed by atoms with E-state index in [9.17, 15) is 4.79 Å². The van der Waals surface area contributed by atoms with Crippen LogP contribution in [0.5, 0.6) is 0 Å². The second-order valence-electron chi connectivity index (χ2n) is 3.90. The third kappa shape index (κ3) is 4.39. The van der Waals surface area contributed by atoms with Gasteiger partial charge in [-0.1, -0.05) is 44.2 Å². The Morgan fingerprint density at radius 1 is 1.24 bits per heavy atom. The predicted molar refractivity (Wildman–Crippen MR) is 68.3 cm³/mol. The summed E-state index contributed by atoms with van der Waals surface area (Å²) in [5, 5.41) is 7.84. The monoisotopic (exact) mass is 233 g/mol. The Labute approximate surface area is 102 Å². The van der Waals surface area contributed by atoms with Gasteiger partial charge in [0.1, 0.15) is 6.10 Å². The van der Waals surface area contributed by atoms with E-state index in [1.807, 2.05) is 37.3 Å². The van der Waals surface area contributed by atoms with Crippen molar-refractivity contribution in [3.05, 3.63) is 35.9 Å². The lowest BCUT2D eigenvalue weighted by Gasteiger charge is -2.18. The van der Waals surface area contributed by atoms with Crippen molar-refractivity contribution in [1.29, 1.82) is 5.41 Å². The smallest absolute Gasteiger partial charge is 0.306 e. The summed E-state index contributed by atoms with van der Waals surface area (Å²) in [6.07, 6.45) is 1.12. The van der Waals surface area contributed by atoms with Gasteiger partial charge < -0.3 is 10.1 Å². The topological polar surface area (TPSA) is 50.1 Å². The molecule has 0 saturated heterocycles. The summed E-state index contributed by atoms with van der Waals surface area (Å²) in [6.45, 7) is 3.66. The van der Waals surface area contributed by atoms with Crippen molar-refractivity contribution < 1.29 is 9.53 Å². The van der Waals surface area contributed by atoms with E-state index in [-0.39, 0.29) is 5.97 Å². The van der Waals surface area contributed by atoms with Crippen molar-refractivity contribution in [1.82, 2.24) is 0 Å². The van der Waals surface area contributed by atoms with Crippen LogP contribution in [0.4, 0.5) is 0 Å². The molecule has 1 N–H and O–H groups in total. The van der Waals surface area contributed by atoms with Gasteiger partial charge in [0.25, 0.3) is 0 Å². The molecule has 1 atom stereocenters. The van der Waals surface area contributed by atoms with Crippen LogP contribution in [-0.4, -0.2) is 17.8 Å². The number of carbonyl (C=O) groups is 1. The molecule has 17 heavy (non-hydrogen) atoms. The summed E-state index contributed by atoms with van der Waals surface area (Å²) < 4.78 is 5.29. The fourth-order valence-electron chi connectivity index (χ4n) is 1.53. The highest BCUT2D eigenvalue weighted by Gasteiger charge is 2.17. The van der Waals surface area contributed by atoms with Crippen LogP contribution in [0.15, 0.2) is 30.3 Å². The van der Waals surface area contributed by atoms with Crippen LogP contribution in [0, 0.1) is 5.41 Å². The summed E-state index contributed by atoms with van der Waals surface area (Å²) in [7, 11) is 0. The van der Waals surface area contributed by atoms with E-state index >= 15 is 0 Å². The molecule has 0 aliphatic heterocycles. The van der Waals surface area contributed by atoms with Crippen molar-refractivity contribution in [2.45, 2.75) is 39.2 Å². The lowest BCUT2D eigenvalue weighted by atomic mass is 10.0. The van der Waals surface area contributed by atoms with Crippen molar-refractivity contribution in [3.63, 3.8) is 0 Å². The Hall–Kier alpha value is -1.64.